The van der Waals surface area contributed by atoms with E-state index in [4.69, 9.17) is 0 Å². The van der Waals surface area contributed by atoms with Crippen molar-refractivity contribution >= 4 is 17.7 Å². The number of benzene rings is 1. The van der Waals surface area contributed by atoms with E-state index in [9.17, 15) is 9.90 Å². The number of unbranched alkanes of at least 4 members (excludes halogenated alkanes) is 1. The van der Waals surface area contributed by atoms with E-state index in [-0.39, 0.29) is 10.7 Å². The molecule has 0 spiro atoms. The van der Waals surface area contributed by atoms with E-state index in [2.05, 4.69) is 39.8 Å². The topological polar surface area (TPSA) is 37.3 Å². The summed E-state index contributed by atoms with van der Waals surface area (Å²) >= 11 is 1.46. The number of rotatable bonds is 6. The zero-order valence-electron chi connectivity index (χ0n) is 12.3. The van der Waals surface area contributed by atoms with Gasteiger partial charge >= 0.3 is 5.97 Å². The molecule has 0 saturated heterocycles. The van der Waals surface area contributed by atoms with Crippen molar-refractivity contribution in [3.8, 4) is 0 Å². The van der Waals surface area contributed by atoms with Gasteiger partial charge in [0.25, 0.3) is 0 Å². The molecule has 0 aromatic heterocycles. The average Bonchev–Trinajstić information content (AvgIpc) is 2.33. The van der Waals surface area contributed by atoms with Crippen LogP contribution in [0.5, 0.6) is 0 Å². The van der Waals surface area contributed by atoms with Gasteiger partial charge in [-0.05, 0) is 29.5 Å². The van der Waals surface area contributed by atoms with Crippen LogP contribution in [-0.4, -0.2) is 16.3 Å². The normalized spacial score (nSPS) is 13.3. The van der Waals surface area contributed by atoms with E-state index in [0.29, 0.717) is 0 Å². The van der Waals surface area contributed by atoms with Gasteiger partial charge in [0.2, 0.25) is 0 Å². The smallest absolute Gasteiger partial charge is 0.316 e. The van der Waals surface area contributed by atoms with Crippen LogP contribution < -0.4 is 0 Å². The highest BCUT2D eigenvalue weighted by molar-refractivity contribution is 8.00. The van der Waals surface area contributed by atoms with Crippen molar-refractivity contribution in [2.75, 3.05) is 0 Å². The van der Waals surface area contributed by atoms with E-state index in [1.165, 1.54) is 17.3 Å². The lowest BCUT2D eigenvalue weighted by Crippen LogP contribution is -2.16. The maximum Gasteiger partial charge on any atom is 0.316 e. The first-order chi connectivity index (χ1) is 8.84. The summed E-state index contributed by atoms with van der Waals surface area (Å²) in [7, 11) is 0. The van der Waals surface area contributed by atoms with Crippen LogP contribution in [0.3, 0.4) is 0 Å². The number of carbonyl (C=O) groups is 1. The summed E-state index contributed by atoms with van der Waals surface area (Å²) in [6.45, 7) is 8.62. The number of aliphatic carboxylic acids is 1. The molecule has 1 aromatic rings. The van der Waals surface area contributed by atoms with Crippen molar-refractivity contribution in [3.05, 3.63) is 29.8 Å². The molecule has 0 radical (unpaired) electrons. The summed E-state index contributed by atoms with van der Waals surface area (Å²) in [5.41, 5.74) is 1.41. The van der Waals surface area contributed by atoms with Crippen molar-refractivity contribution in [2.24, 2.45) is 0 Å². The molecule has 0 bridgehead atoms. The molecule has 0 aliphatic carbocycles. The standard InChI is InChI=1S/C16H24O2S/c1-5-6-7-14(15(17)18)19-13-10-8-12(9-11-13)16(2,3)4/h8-11,14H,5-7H2,1-4H3,(H,17,18). The van der Waals surface area contributed by atoms with Crippen molar-refractivity contribution in [1.29, 1.82) is 0 Å². The molecular formula is C16H24O2S. The van der Waals surface area contributed by atoms with E-state index in [1.54, 1.807) is 0 Å². The summed E-state index contributed by atoms with van der Waals surface area (Å²) in [5.74, 6) is -0.710. The van der Waals surface area contributed by atoms with Gasteiger partial charge < -0.3 is 5.11 Å². The monoisotopic (exact) mass is 280 g/mol. The van der Waals surface area contributed by atoms with Crippen LogP contribution in [0, 0.1) is 0 Å². The third-order valence-electron chi connectivity index (χ3n) is 3.09. The molecule has 19 heavy (non-hydrogen) atoms. The maximum atomic E-state index is 11.2. The predicted octanol–water partition coefficient (Wildman–Crippen LogP) is 4.72. The van der Waals surface area contributed by atoms with Crippen molar-refractivity contribution in [1.82, 2.24) is 0 Å². The predicted molar refractivity (Wildman–Crippen MR) is 81.9 cm³/mol. The Hall–Kier alpha value is -0.960. The molecule has 1 unspecified atom stereocenters. The Kier molecular flexibility index (Phi) is 5.92. The van der Waals surface area contributed by atoms with Gasteiger partial charge in [-0.3, -0.25) is 4.79 Å². The highest BCUT2D eigenvalue weighted by Crippen LogP contribution is 2.29. The summed E-state index contributed by atoms with van der Waals surface area (Å²) < 4.78 is 0. The second kappa shape index (κ2) is 6.99. The SMILES string of the molecule is CCCCC(Sc1ccc(C(C)(C)C)cc1)C(=O)O. The lowest BCUT2D eigenvalue weighted by atomic mass is 9.87. The average molecular weight is 280 g/mol. The summed E-state index contributed by atoms with van der Waals surface area (Å²) in [6.07, 6.45) is 2.73. The first-order valence-corrected chi connectivity index (χ1v) is 7.72. The van der Waals surface area contributed by atoms with Gasteiger partial charge in [-0.25, -0.2) is 0 Å². The van der Waals surface area contributed by atoms with Crippen molar-refractivity contribution in [3.63, 3.8) is 0 Å². The summed E-state index contributed by atoms with van der Waals surface area (Å²) in [4.78, 5) is 12.3. The van der Waals surface area contributed by atoms with E-state index < -0.39 is 5.97 Å². The van der Waals surface area contributed by atoms with E-state index >= 15 is 0 Å². The molecule has 0 aliphatic rings. The Balaban J connectivity index is 2.72. The fraction of sp³-hybridized carbons (Fsp3) is 0.562. The molecule has 0 heterocycles. The minimum Gasteiger partial charge on any atom is -0.480 e. The molecule has 0 amide bonds. The van der Waals surface area contributed by atoms with Crippen LogP contribution in [-0.2, 0) is 10.2 Å². The van der Waals surface area contributed by atoms with Crippen LogP contribution in [0.4, 0.5) is 0 Å². The van der Waals surface area contributed by atoms with Crippen LogP contribution in [0.25, 0.3) is 0 Å². The molecule has 1 aromatic carbocycles. The molecule has 0 aliphatic heterocycles. The quantitative estimate of drug-likeness (QED) is 0.766. The van der Waals surface area contributed by atoms with Gasteiger partial charge in [0.1, 0.15) is 5.25 Å². The first-order valence-electron chi connectivity index (χ1n) is 6.84. The first kappa shape index (κ1) is 16.1. The Morgan fingerprint density at radius 3 is 2.26 bits per heavy atom. The van der Waals surface area contributed by atoms with Gasteiger partial charge in [0, 0.05) is 4.90 Å². The van der Waals surface area contributed by atoms with Crippen LogP contribution in [0.15, 0.2) is 29.2 Å². The lowest BCUT2D eigenvalue weighted by molar-refractivity contribution is -0.136. The van der Waals surface area contributed by atoms with Gasteiger partial charge in [-0.1, -0.05) is 52.7 Å². The molecule has 0 saturated carbocycles. The number of carboxylic acid groups (broad SMARTS) is 1. The summed E-state index contributed by atoms with van der Waals surface area (Å²) in [6, 6.07) is 8.27. The molecule has 1 atom stereocenters. The molecular weight excluding hydrogens is 256 g/mol. The lowest BCUT2D eigenvalue weighted by Gasteiger charge is -2.19. The Morgan fingerprint density at radius 2 is 1.84 bits per heavy atom. The van der Waals surface area contributed by atoms with E-state index in [1.807, 2.05) is 12.1 Å². The Bertz CT molecular complexity index is 404. The van der Waals surface area contributed by atoms with Crippen molar-refractivity contribution in [2.45, 2.75) is 62.5 Å². The highest BCUT2D eigenvalue weighted by Gasteiger charge is 2.19. The second-order valence-electron chi connectivity index (χ2n) is 5.86. The second-order valence-corrected chi connectivity index (χ2v) is 7.14. The molecule has 3 heteroatoms. The summed E-state index contributed by atoms with van der Waals surface area (Å²) in [5, 5.41) is 8.89. The Morgan fingerprint density at radius 1 is 1.26 bits per heavy atom. The van der Waals surface area contributed by atoms with Crippen LogP contribution >= 0.6 is 11.8 Å². The number of hydrogen-bond acceptors (Lipinski definition) is 2. The third kappa shape index (κ3) is 5.27. The van der Waals surface area contributed by atoms with E-state index in [0.717, 1.165) is 24.2 Å². The molecule has 2 nitrogen and oxygen atoms in total. The van der Waals surface area contributed by atoms with Gasteiger partial charge in [-0.15, -0.1) is 11.8 Å². The van der Waals surface area contributed by atoms with Crippen LogP contribution in [0.1, 0.15) is 52.5 Å². The minimum absolute atomic E-state index is 0.137. The number of thioether (sulfide) groups is 1. The fourth-order valence-corrected chi connectivity index (χ4v) is 2.83. The number of hydrogen-bond donors (Lipinski definition) is 1. The minimum atomic E-state index is -0.710. The largest absolute Gasteiger partial charge is 0.480 e. The zero-order valence-corrected chi connectivity index (χ0v) is 13.1. The zero-order chi connectivity index (χ0) is 14.5. The van der Waals surface area contributed by atoms with Crippen LogP contribution in [0.2, 0.25) is 0 Å². The fourth-order valence-electron chi connectivity index (χ4n) is 1.82. The molecule has 1 rings (SSSR count). The highest BCUT2D eigenvalue weighted by atomic mass is 32.2. The Labute approximate surface area is 120 Å². The number of carboxylic acids is 1. The molecule has 0 fully saturated rings. The van der Waals surface area contributed by atoms with Gasteiger partial charge in [0.15, 0.2) is 0 Å². The maximum absolute atomic E-state index is 11.2. The van der Waals surface area contributed by atoms with Gasteiger partial charge in [0.05, 0.1) is 0 Å². The van der Waals surface area contributed by atoms with Gasteiger partial charge in [-0.2, -0.15) is 0 Å². The third-order valence-corrected chi connectivity index (χ3v) is 4.36. The molecule has 1 N–H and O–H groups in total. The van der Waals surface area contributed by atoms with Crippen molar-refractivity contribution < 1.29 is 9.90 Å². The molecule has 106 valence electrons.